The maximum absolute atomic E-state index is 12.9. The molecule has 12 heteroatoms. The van der Waals surface area contributed by atoms with Gasteiger partial charge in [0.25, 0.3) is 11.8 Å². The fraction of sp³-hybridized carbons (Fsp3) is 0.167. The molecule has 2 amide bonds. The topological polar surface area (TPSA) is 148 Å². The number of nitrogens with one attached hydrogen (secondary N) is 2. The first-order chi connectivity index (χ1) is 22.7. The predicted molar refractivity (Wildman–Crippen MR) is 191 cm³/mol. The fourth-order valence-electron chi connectivity index (χ4n) is 4.58. The molecule has 246 valence electrons. The lowest BCUT2D eigenvalue weighted by molar-refractivity contribution is -0.113. The van der Waals surface area contributed by atoms with Gasteiger partial charge in [0.1, 0.15) is 22.9 Å². The molecular formula is C36H34Cl2N6O4. The lowest BCUT2D eigenvalue weighted by Gasteiger charge is -2.10. The number of hydrogen-bond donors (Lipinski definition) is 4. The lowest BCUT2D eigenvalue weighted by Crippen LogP contribution is -2.15. The highest BCUT2D eigenvalue weighted by molar-refractivity contribution is 6.34. The van der Waals surface area contributed by atoms with Crippen molar-refractivity contribution in [2.24, 2.45) is 20.5 Å². The smallest absolute Gasteiger partial charge is 0.279 e. The molecular weight excluding hydrogens is 651 g/mol. The number of aliphatic hydroxyl groups excluding tert-OH is 2. The molecule has 0 aromatic heterocycles. The summed E-state index contributed by atoms with van der Waals surface area (Å²) in [5.41, 5.74) is 6.43. The van der Waals surface area contributed by atoms with Crippen LogP contribution >= 0.6 is 23.2 Å². The van der Waals surface area contributed by atoms with E-state index in [4.69, 9.17) is 23.2 Å². The highest BCUT2D eigenvalue weighted by Gasteiger charge is 2.17. The summed E-state index contributed by atoms with van der Waals surface area (Å²) in [5.74, 6) is -1.85. The molecule has 0 atom stereocenters. The Morgan fingerprint density at radius 2 is 0.958 bits per heavy atom. The third kappa shape index (κ3) is 8.93. The maximum atomic E-state index is 12.9. The zero-order valence-electron chi connectivity index (χ0n) is 27.2. The van der Waals surface area contributed by atoms with Crippen LogP contribution in [0.5, 0.6) is 0 Å². The van der Waals surface area contributed by atoms with Gasteiger partial charge in [0, 0.05) is 11.4 Å². The van der Waals surface area contributed by atoms with Crippen molar-refractivity contribution in [3.05, 3.63) is 128 Å². The number of azo groups is 2. The molecule has 0 bridgehead atoms. The summed E-state index contributed by atoms with van der Waals surface area (Å²) in [6.45, 7) is 10.3. The number of amides is 2. The van der Waals surface area contributed by atoms with Crippen LogP contribution in [-0.2, 0) is 9.59 Å². The Bertz CT molecular complexity index is 1880. The van der Waals surface area contributed by atoms with Crippen LogP contribution in [0.3, 0.4) is 0 Å². The predicted octanol–water partition coefficient (Wildman–Crippen LogP) is 10.9. The number of allylic oxidation sites excluding steroid dienone is 2. The number of aryl methyl sites for hydroxylation is 4. The number of halogens is 2. The third-order valence-electron chi connectivity index (χ3n) is 7.12. The van der Waals surface area contributed by atoms with Gasteiger partial charge in [-0.3, -0.25) is 9.59 Å². The molecule has 48 heavy (non-hydrogen) atoms. The van der Waals surface area contributed by atoms with Gasteiger partial charge >= 0.3 is 0 Å². The van der Waals surface area contributed by atoms with Crippen LogP contribution in [0.2, 0.25) is 10.0 Å². The van der Waals surface area contributed by atoms with E-state index in [9.17, 15) is 19.8 Å². The van der Waals surface area contributed by atoms with E-state index in [-0.39, 0.29) is 44.3 Å². The van der Waals surface area contributed by atoms with Gasteiger partial charge in [-0.15, -0.1) is 20.5 Å². The fourth-order valence-corrected chi connectivity index (χ4v) is 5.01. The molecule has 0 unspecified atom stereocenters. The van der Waals surface area contributed by atoms with Crippen molar-refractivity contribution < 1.29 is 19.8 Å². The van der Waals surface area contributed by atoms with E-state index in [0.717, 1.165) is 22.3 Å². The Hall–Kier alpha value is -5.32. The van der Waals surface area contributed by atoms with Crippen LogP contribution in [0.15, 0.2) is 116 Å². The zero-order valence-corrected chi connectivity index (χ0v) is 28.7. The first-order valence-corrected chi connectivity index (χ1v) is 15.5. The first kappa shape index (κ1) is 35.5. The number of nitrogens with zero attached hydrogens (tertiary/aromatic N) is 4. The summed E-state index contributed by atoms with van der Waals surface area (Å²) in [4.78, 5) is 25.7. The quantitative estimate of drug-likeness (QED) is 0.0788. The summed E-state index contributed by atoms with van der Waals surface area (Å²) in [7, 11) is 0. The van der Waals surface area contributed by atoms with Crippen LogP contribution in [0, 0.1) is 27.7 Å². The monoisotopic (exact) mass is 684 g/mol. The van der Waals surface area contributed by atoms with E-state index in [2.05, 4.69) is 31.1 Å². The van der Waals surface area contributed by atoms with Gasteiger partial charge in [-0.25, -0.2) is 0 Å². The second kappa shape index (κ2) is 15.5. The molecule has 4 N–H and O–H groups in total. The number of aliphatic hydroxyl groups is 2. The van der Waals surface area contributed by atoms with Gasteiger partial charge in [0.05, 0.1) is 10.0 Å². The molecule has 0 fully saturated rings. The highest BCUT2D eigenvalue weighted by atomic mass is 35.5. The van der Waals surface area contributed by atoms with E-state index in [1.807, 2.05) is 52.0 Å². The molecule has 4 aromatic rings. The highest BCUT2D eigenvalue weighted by Crippen LogP contribution is 2.35. The van der Waals surface area contributed by atoms with E-state index in [1.165, 1.54) is 13.8 Å². The molecule has 0 saturated heterocycles. The lowest BCUT2D eigenvalue weighted by atomic mass is 10.1. The SMILES string of the molecule is C/C(O)=C(/N=Nc1ccc(-c2ccc(N=N/C(C(=O)Nc3ccc(C)cc3C)=C(/C)O)c(Cl)c2)cc1Cl)C(=O)Nc1ccc(C)cc1C. The molecule has 0 spiro atoms. The number of benzene rings is 4. The summed E-state index contributed by atoms with van der Waals surface area (Å²) < 4.78 is 0. The van der Waals surface area contributed by atoms with Crippen LogP contribution in [0.25, 0.3) is 11.1 Å². The van der Waals surface area contributed by atoms with Gasteiger partial charge in [-0.05, 0) is 100 Å². The Morgan fingerprint density at radius 3 is 1.27 bits per heavy atom. The zero-order chi connectivity index (χ0) is 35.1. The minimum absolute atomic E-state index is 0.240. The molecule has 0 aliphatic carbocycles. The molecule has 0 aliphatic heterocycles. The van der Waals surface area contributed by atoms with Crippen molar-refractivity contribution >= 4 is 57.8 Å². The minimum atomic E-state index is -0.621. The molecule has 10 nitrogen and oxygen atoms in total. The second-order valence-electron chi connectivity index (χ2n) is 11.1. The normalized spacial score (nSPS) is 12.6. The van der Waals surface area contributed by atoms with Gasteiger partial charge in [-0.2, -0.15) is 0 Å². The van der Waals surface area contributed by atoms with Crippen LogP contribution in [0.1, 0.15) is 36.1 Å². The van der Waals surface area contributed by atoms with Crippen LogP contribution in [0.4, 0.5) is 22.7 Å². The third-order valence-corrected chi connectivity index (χ3v) is 7.73. The Morgan fingerprint density at radius 1 is 0.583 bits per heavy atom. The van der Waals surface area contributed by atoms with E-state index < -0.39 is 11.8 Å². The molecule has 0 heterocycles. The van der Waals surface area contributed by atoms with Crippen molar-refractivity contribution in [3.63, 3.8) is 0 Å². The minimum Gasteiger partial charge on any atom is -0.510 e. The van der Waals surface area contributed by atoms with E-state index in [0.29, 0.717) is 22.5 Å². The average molecular weight is 686 g/mol. The second-order valence-corrected chi connectivity index (χ2v) is 12.0. The van der Waals surface area contributed by atoms with Gasteiger partial charge in [-0.1, -0.05) is 70.7 Å². The van der Waals surface area contributed by atoms with Gasteiger partial charge in [0.15, 0.2) is 11.4 Å². The Balaban J connectivity index is 1.49. The van der Waals surface area contributed by atoms with Crippen LogP contribution < -0.4 is 10.6 Å². The Kier molecular flexibility index (Phi) is 11.5. The van der Waals surface area contributed by atoms with Crippen molar-refractivity contribution in [2.45, 2.75) is 41.5 Å². The van der Waals surface area contributed by atoms with Crippen molar-refractivity contribution in [2.75, 3.05) is 10.6 Å². The van der Waals surface area contributed by atoms with Crippen molar-refractivity contribution in [3.8, 4) is 11.1 Å². The van der Waals surface area contributed by atoms with Crippen molar-refractivity contribution in [1.82, 2.24) is 0 Å². The first-order valence-electron chi connectivity index (χ1n) is 14.7. The van der Waals surface area contributed by atoms with Gasteiger partial charge in [0.2, 0.25) is 0 Å². The summed E-state index contributed by atoms with van der Waals surface area (Å²) in [5, 5.41) is 42.4. The Labute approximate surface area is 288 Å². The van der Waals surface area contributed by atoms with E-state index in [1.54, 1.807) is 48.5 Å². The molecule has 0 saturated carbocycles. The number of carbonyl (C=O) groups excluding carboxylic acids is 2. The summed E-state index contributed by atoms with van der Waals surface area (Å²) in [6.07, 6.45) is 0. The van der Waals surface area contributed by atoms with E-state index >= 15 is 0 Å². The molecule has 0 radical (unpaired) electrons. The number of rotatable bonds is 9. The molecule has 0 aliphatic rings. The number of hydrogen-bond acceptors (Lipinski definition) is 8. The van der Waals surface area contributed by atoms with Crippen molar-refractivity contribution in [1.29, 1.82) is 0 Å². The maximum Gasteiger partial charge on any atom is 0.279 e. The average Bonchev–Trinajstić information content (AvgIpc) is 3.01. The summed E-state index contributed by atoms with van der Waals surface area (Å²) in [6, 6.07) is 21.2. The molecule has 4 rings (SSSR count). The van der Waals surface area contributed by atoms with Crippen LogP contribution in [-0.4, -0.2) is 22.0 Å². The number of carbonyl (C=O) groups is 2. The summed E-state index contributed by atoms with van der Waals surface area (Å²) >= 11 is 13.0. The number of anilines is 2. The standard InChI is InChI=1S/C36H34Cl2N6O4/c1-19-7-11-29(21(3)15-19)39-35(47)33(23(5)45)43-41-31-13-9-25(17-27(31)37)26-10-14-32(28(38)18-26)42-44-34(24(6)46)36(48)40-30-12-8-20(2)16-22(30)4/h7-18,45-46H,1-6H3,(H,39,47)(H,40,48)/b33-23-,34-24-,43-41?,44-42?. The van der Waals surface area contributed by atoms with Gasteiger partial charge < -0.3 is 20.8 Å². The molecule has 4 aromatic carbocycles. The largest absolute Gasteiger partial charge is 0.510 e.